The molecule has 2 rings (SSSR count). The van der Waals surface area contributed by atoms with Crippen LogP contribution in [-0.2, 0) is 5.54 Å². The van der Waals surface area contributed by atoms with Crippen LogP contribution in [0.3, 0.4) is 0 Å². The van der Waals surface area contributed by atoms with Gasteiger partial charge in [0.05, 0.1) is 0 Å². The molecule has 2 unspecified atom stereocenters. The summed E-state index contributed by atoms with van der Waals surface area (Å²) in [7, 11) is 0. The molecule has 3 heteroatoms. The van der Waals surface area contributed by atoms with Crippen LogP contribution in [0.4, 0.5) is 8.78 Å². The van der Waals surface area contributed by atoms with Crippen LogP contribution < -0.4 is 5.73 Å². The van der Waals surface area contributed by atoms with Crippen LogP contribution in [0.5, 0.6) is 0 Å². The van der Waals surface area contributed by atoms with E-state index >= 15 is 0 Å². The Morgan fingerprint density at radius 3 is 2.59 bits per heavy atom. The van der Waals surface area contributed by atoms with Crippen molar-refractivity contribution in [3.8, 4) is 0 Å². The first-order valence-corrected chi connectivity index (χ1v) is 6.21. The third-order valence-corrected chi connectivity index (χ3v) is 4.13. The van der Waals surface area contributed by atoms with Crippen molar-refractivity contribution >= 4 is 0 Å². The van der Waals surface area contributed by atoms with Crippen molar-refractivity contribution in [3.05, 3.63) is 34.9 Å². The number of rotatable bonds is 1. The molecule has 0 aromatic heterocycles. The molecule has 0 heterocycles. The van der Waals surface area contributed by atoms with E-state index in [2.05, 4.69) is 0 Å². The average molecular weight is 239 g/mol. The van der Waals surface area contributed by atoms with Gasteiger partial charge in [0.2, 0.25) is 0 Å². The minimum Gasteiger partial charge on any atom is -0.321 e. The fourth-order valence-corrected chi connectivity index (χ4v) is 2.78. The van der Waals surface area contributed by atoms with Gasteiger partial charge in [0.25, 0.3) is 0 Å². The molecule has 1 aliphatic rings. The van der Waals surface area contributed by atoms with Crippen LogP contribution in [-0.4, -0.2) is 0 Å². The van der Waals surface area contributed by atoms with Crippen molar-refractivity contribution in [2.75, 3.05) is 0 Å². The number of nitrogens with two attached hydrogens (primary N) is 1. The molecule has 0 spiro atoms. The van der Waals surface area contributed by atoms with Gasteiger partial charge in [0.15, 0.2) is 11.6 Å². The first-order chi connectivity index (χ1) is 7.97. The molecule has 2 N–H and O–H groups in total. The zero-order valence-electron chi connectivity index (χ0n) is 10.4. The largest absolute Gasteiger partial charge is 0.321 e. The first-order valence-electron chi connectivity index (χ1n) is 6.21. The van der Waals surface area contributed by atoms with Crippen molar-refractivity contribution in [3.63, 3.8) is 0 Å². The summed E-state index contributed by atoms with van der Waals surface area (Å²) in [4.78, 5) is 0. The second-order valence-electron chi connectivity index (χ2n) is 5.25. The van der Waals surface area contributed by atoms with E-state index in [1.165, 1.54) is 0 Å². The third-order valence-electron chi connectivity index (χ3n) is 4.13. The number of halogens is 2. The molecule has 0 bridgehead atoms. The lowest BCUT2D eigenvalue weighted by atomic mass is 9.70. The molecule has 0 saturated heterocycles. The molecule has 1 nitrogen and oxygen atoms in total. The van der Waals surface area contributed by atoms with E-state index in [0.717, 1.165) is 25.7 Å². The van der Waals surface area contributed by atoms with Gasteiger partial charge in [-0.2, -0.15) is 0 Å². The predicted molar refractivity (Wildman–Crippen MR) is 64.6 cm³/mol. The van der Waals surface area contributed by atoms with Gasteiger partial charge in [0.1, 0.15) is 0 Å². The average Bonchev–Trinajstić information content (AvgIpc) is 2.30. The van der Waals surface area contributed by atoms with E-state index in [4.69, 9.17) is 5.73 Å². The molecule has 1 aromatic rings. The van der Waals surface area contributed by atoms with Crippen LogP contribution >= 0.6 is 0 Å². The fraction of sp³-hybridized carbons (Fsp3) is 0.571. The highest BCUT2D eigenvalue weighted by atomic mass is 19.2. The molecule has 0 radical (unpaired) electrons. The molecular weight excluding hydrogens is 220 g/mol. The minimum atomic E-state index is -0.763. The molecule has 94 valence electrons. The Bertz CT molecular complexity index is 430. The molecule has 1 aromatic carbocycles. The molecule has 17 heavy (non-hydrogen) atoms. The third kappa shape index (κ3) is 1.97. The normalized spacial score (nSPS) is 29.4. The van der Waals surface area contributed by atoms with Crippen molar-refractivity contribution in [2.45, 2.75) is 45.1 Å². The number of hydrogen-bond acceptors (Lipinski definition) is 1. The number of hydrogen-bond donors (Lipinski definition) is 1. The summed E-state index contributed by atoms with van der Waals surface area (Å²) in [5.74, 6) is -1.33. The Kier molecular flexibility index (Phi) is 3.21. The fourth-order valence-electron chi connectivity index (χ4n) is 2.78. The Morgan fingerprint density at radius 2 is 1.94 bits per heavy atom. The number of benzene rings is 1. The first kappa shape index (κ1) is 12.5. The van der Waals surface area contributed by atoms with E-state index in [0.29, 0.717) is 11.1 Å². The Balaban J connectivity index is 2.49. The quantitative estimate of drug-likeness (QED) is 0.795. The van der Waals surface area contributed by atoms with Gasteiger partial charge < -0.3 is 5.73 Å². The Morgan fingerprint density at radius 1 is 1.24 bits per heavy atom. The maximum Gasteiger partial charge on any atom is 0.164 e. The monoisotopic (exact) mass is 239 g/mol. The van der Waals surface area contributed by atoms with Crippen LogP contribution in [0.15, 0.2) is 12.1 Å². The highest BCUT2D eigenvalue weighted by molar-refractivity contribution is 5.32. The molecule has 1 fully saturated rings. The van der Waals surface area contributed by atoms with E-state index in [9.17, 15) is 8.78 Å². The lowest BCUT2D eigenvalue weighted by molar-refractivity contribution is 0.199. The molecule has 1 aliphatic carbocycles. The molecular formula is C14H19F2N. The summed E-state index contributed by atoms with van der Waals surface area (Å²) in [5, 5.41) is 0. The van der Waals surface area contributed by atoms with Gasteiger partial charge in [-0.05, 0) is 31.2 Å². The van der Waals surface area contributed by atoms with Gasteiger partial charge >= 0.3 is 0 Å². The molecule has 0 aliphatic heterocycles. The zero-order valence-corrected chi connectivity index (χ0v) is 10.4. The van der Waals surface area contributed by atoms with E-state index in [-0.39, 0.29) is 5.92 Å². The van der Waals surface area contributed by atoms with Crippen LogP contribution in [0.1, 0.15) is 43.7 Å². The second kappa shape index (κ2) is 4.37. The van der Waals surface area contributed by atoms with Gasteiger partial charge in [-0.3, -0.25) is 0 Å². The van der Waals surface area contributed by atoms with Crippen molar-refractivity contribution in [1.82, 2.24) is 0 Å². The van der Waals surface area contributed by atoms with Gasteiger partial charge in [-0.25, -0.2) is 8.78 Å². The summed E-state index contributed by atoms with van der Waals surface area (Å²) < 4.78 is 27.6. The lowest BCUT2D eigenvalue weighted by Gasteiger charge is -2.40. The second-order valence-corrected chi connectivity index (χ2v) is 5.25. The van der Waals surface area contributed by atoms with Crippen molar-refractivity contribution in [1.29, 1.82) is 0 Å². The molecule has 0 amide bonds. The summed E-state index contributed by atoms with van der Waals surface area (Å²) in [6, 6.07) is 3.26. The molecule has 1 saturated carbocycles. The Labute approximate surface area is 101 Å². The predicted octanol–water partition coefficient (Wildman–Crippen LogP) is 3.64. The van der Waals surface area contributed by atoms with E-state index < -0.39 is 17.2 Å². The maximum atomic E-state index is 14.0. The van der Waals surface area contributed by atoms with Crippen molar-refractivity contribution < 1.29 is 8.78 Å². The summed E-state index contributed by atoms with van der Waals surface area (Å²) >= 11 is 0. The van der Waals surface area contributed by atoms with Gasteiger partial charge in [-0.15, -0.1) is 0 Å². The van der Waals surface area contributed by atoms with Crippen LogP contribution in [0.25, 0.3) is 0 Å². The Hall–Kier alpha value is -0.960. The van der Waals surface area contributed by atoms with Crippen molar-refractivity contribution in [2.24, 2.45) is 11.7 Å². The zero-order chi connectivity index (χ0) is 12.6. The highest BCUT2D eigenvalue weighted by Crippen LogP contribution is 2.40. The maximum absolute atomic E-state index is 14.0. The minimum absolute atomic E-state index is 0.188. The van der Waals surface area contributed by atoms with Gasteiger partial charge in [-0.1, -0.05) is 31.9 Å². The SMILES string of the molecule is Cc1ccc(C2(N)CCCCC2C)c(F)c1F. The topological polar surface area (TPSA) is 26.0 Å². The molecule has 2 atom stereocenters. The van der Waals surface area contributed by atoms with E-state index in [1.54, 1.807) is 19.1 Å². The summed E-state index contributed by atoms with van der Waals surface area (Å²) in [6.07, 6.45) is 3.81. The number of aryl methyl sites for hydroxylation is 1. The standard InChI is InChI=1S/C14H19F2N/c1-9-6-7-11(13(16)12(9)15)14(17)8-4-3-5-10(14)2/h6-7,10H,3-5,8,17H2,1-2H3. The highest BCUT2D eigenvalue weighted by Gasteiger charge is 2.38. The summed E-state index contributed by atoms with van der Waals surface area (Å²) in [6.45, 7) is 3.59. The smallest absolute Gasteiger partial charge is 0.164 e. The lowest BCUT2D eigenvalue weighted by Crippen LogP contribution is -2.46. The van der Waals surface area contributed by atoms with E-state index in [1.807, 2.05) is 6.92 Å². The van der Waals surface area contributed by atoms with Crippen LogP contribution in [0.2, 0.25) is 0 Å². The van der Waals surface area contributed by atoms with Gasteiger partial charge in [0, 0.05) is 11.1 Å². The van der Waals surface area contributed by atoms with Crippen LogP contribution in [0, 0.1) is 24.5 Å². The summed E-state index contributed by atoms with van der Waals surface area (Å²) in [5.41, 5.74) is 6.30.